The van der Waals surface area contributed by atoms with E-state index in [1.807, 2.05) is 6.07 Å². The fourth-order valence-electron chi connectivity index (χ4n) is 3.37. The van der Waals surface area contributed by atoms with Crippen LogP contribution in [0.3, 0.4) is 0 Å². The molecule has 1 aliphatic rings. The number of ether oxygens (including phenoxy) is 1. The third kappa shape index (κ3) is 3.53. The number of carboxylic acids is 1. The number of fused-ring (bicyclic) bond motifs is 3. The highest BCUT2D eigenvalue weighted by Gasteiger charge is 2.33. The predicted octanol–water partition coefficient (Wildman–Crippen LogP) is 5.25. The van der Waals surface area contributed by atoms with E-state index in [0.29, 0.717) is 13.0 Å². The van der Waals surface area contributed by atoms with E-state index >= 15 is 0 Å². The average molecular weight is 339 g/mol. The Hall–Kier alpha value is -2.36. The Balaban J connectivity index is 1.73. The minimum Gasteiger partial charge on any atom is -0.494 e. The van der Waals surface area contributed by atoms with E-state index in [1.165, 1.54) is 16.3 Å². The van der Waals surface area contributed by atoms with Crippen molar-refractivity contribution in [2.45, 2.75) is 51.9 Å². The van der Waals surface area contributed by atoms with Crippen LogP contribution in [0.1, 0.15) is 52.0 Å². The zero-order valence-electron chi connectivity index (χ0n) is 15.1. The molecule has 0 aromatic heterocycles. The van der Waals surface area contributed by atoms with Crippen LogP contribution in [0.25, 0.3) is 10.8 Å². The SMILES string of the molecule is CC1=Nc2ccc3ccc(OCCCCCC(=O)O)cc3c2C1(C)C. The Bertz CT molecular complexity index is 836. The molecule has 0 saturated heterocycles. The first-order chi connectivity index (χ1) is 11.9. The molecule has 0 unspecified atom stereocenters. The van der Waals surface area contributed by atoms with Crippen LogP contribution in [0.2, 0.25) is 0 Å². The summed E-state index contributed by atoms with van der Waals surface area (Å²) in [6.07, 6.45) is 2.67. The van der Waals surface area contributed by atoms with Gasteiger partial charge in [0.25, 0.3) is 0 Å². The predicted molar refractivity (Wildman–Crippen MR) is 101 cm³/mol. The maximum absolute atomic E-state index is 10.5. The lowest BCUT2D eigenvalue weighted by atomic mass is 9.80. The van der Waals surface area contributed by atoms with Gasteiger partial charge in [-0.15, -0.1) is 0 Å². The van der Waals surface area contributed by atoms with Gasteiger partial charge in [-0.05, 0) is 60.7 Å². The molecule has 0 saturated carbocycles. The molecule has 132 valence electrons. The lowest BCUT2D eigenvalue weighted by molar-refractivity contribution is -0.137. The largest absolute Gasteiger partial charge is 0.494 e. The van der Waals surface area contributed by atoms with Gasteiger partial charge in [0.15, 0.2) is 0 Å². The van der Waals surface area contributed by atoms with Gasteiger partial charge in [-0.3, -0.25) is 9.79 Å². The monoisotopic (exact) mass is 339 g/mol. The van der Waals surface area contributed by atoms with Crippen molar-refractivity contribution in [2.75, 3.05) is 6.61 Å². The summed E-state index contributed by atoms with van der Waals surface area (Å²) in [7, 11) is 0. The van der Waals surface area contributed by atoms with Crippen molar-refractivity contribution >= 4 is 28.1 Å². The van der Waals surface area contributed by atoms with E-state index in [1.54, 1.807) is 0 Å². The van der Waals surface area contributed by atoms with Crippen molar-refractivity contribution < 1.29 is 14.6 Å². The normalized spacial score (nSPS) is 15.1. The standard InChI is InChI=1S/C21H25NO3/c1-14-21(2,3)20-17-13-16(25-12-6-4-5-7-19(23)24)10-8-15(17)9-11-18(20)22-14/h8-11,13H,4-7,12H2,1-3H3,(H,23,24). The minimum absolute atomic E-state index is 0.0652. The first-order valence-electron chi connectivity index (χ1n) is 8.87. The Morgan fingerprint density at radius 2 is 1.92 bits per heavy atom. The number of aliphatic carboxylic acids is 1. The number of rotatable bonds is 7. The van der Waals surface area contributed by atoms with E-state index in [0.717, 1.165) is 30.0 Å². The van der Waals surface area contributed by atoms with E-state index < -0.39 is 5.97 Å². The number of carbonyl (C=O) groups is 1. The third-order valence-corrected chi connectivity index (χ3v) is 5.09. The first-order valence-corrected chi connectivity index (χ1v) is 8.87. The summed E-state index contributed by atoms with van der Waals surface area (Å²) in [6.45, 7) is 7.13. The molecule has 0 atom stereocenters. The number of aliphatic imine (C=N–C) groups is 1. The molecule has 25 heavy (non-hydrogen) atoms. The van der Waals surface area contributed by atoms with E-state index in [4.69, 9.17) is 14.8 Å². The molecule has 2 aromatic carbocycles. The van der Waals surface area contributed by atoms with Crippen LogP contribution in [-0.4, -0.2) is 23.4 Å². The molecular formula is C21H25NO3. The van der Waals surface area contributed by atoms with Crippen LogP contribution < -0.4 is 4.74 Å². The molecule has 1 N–H and O–H groups in total. The topological polar surface area (TPSA) is 58.9 Å². The quantitative estimate of drug-likeness (QED) is 0.701. The highest BCUT2D eigenvalue weighted by molar-refractivity contribution is 6.06. The van der Waals surface area contributed by atoms with Crippen molar-refractivity contribution in [3.05, 3.63) is 35.9 Å². The molecule has 1 aliphatic heterocycles. The van der Waals surface area contributed by atoms with Crippen LogP contribution in [-0.2, 0) is 10.2 Å². The van der Waals surface area contributed by atoms with Gasteiger partial charge < -0.3 is 9.84 Å². The van der Waals surface area contributed by atoms with Gasteiger partial charge in [0.2, 0.25) is 0 Å². The molecule has 0 bridgehead atoms. The number of unbranched alkanes of at least 4 members (excludes halogenated alkanes) is 2. The molecule has 0 aliphatic carbocycles. The van der Waals surface area contributed by atoms with Gasteiger partial charge >= 0.3 is 5.97 Å². The summed E-state index contributed by atoms with van der Waals surface area (Å²) in [5, 5.41) is 11.0. The second-order valence-corrected chi connectivity index (χ2v) is 7.22. The molecule has 4 heteroatoms. The number of hydrogen-bond donors (Lipinski definition) is 1. The summed E-state index contributed by atoms with van der Waals surface area (Å²) < 4.78 is 5.89. The summed E-state index contributed by atoms with van der Waals surface area (Å²) >= 11 is 0. The van der Waals surface area contributed by atoms with Gasteiger partial charge in [0.1, 0.15) is 5.75 Å². The maximum Gasteiger partial charge on any atom is 0.303 e. The maximum atomic E-state index is 10.5. The van der Waals surface area contributed by atoms with Crippen LogP contribution in [0.4, 0.5) is 5.69 Å². The molecule has 4 nitrogen and oxygen atoms in total. The Morgan fingerprint density at radius 1 is 1.16 bits per heavy atom. The van der Waals surface area contributed by atoms with Gasteiger partial charge in [0.05, 0.1) is 12.3 Å². The molecule has 0 radical (unpaired) electrons. The van der Waals surface area contributed by atoms with Crippen molar-refractivity contribution in [1.82, 2.24) is 0 Å². The minimum atomic E-state index is -0.732. The zero-order chi connectivity index (χ0) is 18.0. The Labute approximate surface area is 148 Å². The third-order valence-electron chi connectivity index (χ3n) is 5.09. The van der Waals surface area contributed by atoms with Crippen LogP contribution in [0.5, 0.6) is 5.75 Å². The lowest BCUT2D eigenvalue weighted by Crippen LogP contribution is -2.22. The average Bonchev–Trinajstić information content (AvgIpc) is 2.80. The Kier molecular flexibility index (Phi) is 4.80. The van der Waals surface area contributed by atoms with Crippen molar-refractivity contribution in [3.8, 4) is 5.75 Å². The summed E-state index contributed by atoms with van der Waals surface area (Å²) in [5.41, 5.74) is 3.40. The van der Waals surface area contributed by atoms with E-state index in [-0.39, 0.29) is 11.8 Å². The molecule has 0 fully saturated rings. The van der Waals surface area contributed by atoms with Gasteiger partial charge in [-0.2, -0.15) is 0 Å². The molecule has 0 amide bonds. The van der Waals surface area contributed by atoms with Gasteiger partial charge in [-0.1, -0.05) is 26.0 Å². The molecule has 0 spiro atoms. The smallest absolute Gasteiger partial charge is 0.303 e. The first kappa shape index (κ1) is 17.5. The van der Waals surface area contributed by atoms with Crippen molar-refractivity contribution in [1.29, 1.82) is 0 Å². The number of hydrogen-bond acceptors (Lipinski definition) is 3. The molecular weight excluding hydrogens is 314 g/mol. The fourth-order valence-corrected chi connectivity index (χ4v) is 3.37. The van der Waals surface area contributed by atoms with E-state index in [9.17, 15) is 4.79 Å². The fraction of sp³-hybridized carbons (Fsp3) is 0.429. The van der Waals surface area contributed by atoms with E-state index in [2.05, 4.69) is 45.0 Å². The summed E-state index contributed by atoms with van der Waals surface area (Å²) in [6, 6.07) is 10.4. The number of carboxylic acid groups (broad SMARTS) is 1. The van der Waals surface area contributed by atoms with Gasteiger partial charge in [0, 0.05) is 17.5 Å². The number of benzene rings is 2. The summed E-state index contributed by atoms with van der Waals surface area (Å²) in [4.78, 5) is 15.2. The second-order valence-electron chi connectivity index (χ2n) is 7.22. The highest BCUT2D eigenvalue weighted by atomic mass is 16.5. The lowest BCUT2D eigenvalue weighted by Gasteiger charge is -2.22. The highest BCUT2D eigenvalue weighted by Crippen LogP contribution is 2.44. The molecule has 2 aromatic rings. The van der Waals surface area contributed by atoms with Crippen LogP contribution in [0, 0.1) is 0 Å². The molecule has 1 heterocycles. The van der Waals surface area contributed by atoms with Crippen molar-refractivity contribution in [3.63, 3.8) is 0 Å². The van der Waals surface area contributed by atoms with Gasteiger partial charge in [-0.25, -0.2) is 0 Å². The van der Waals surface area contributed by atoms with Crippen LogP contribution in [0.15, 0.2) is 35.3 Å². The zero-order valence-corrected chi connectivity index (χ0v) is 15.1. The van der Waals surface area contributed by atoms with Crippen LogP contribution >= 0.6 is 0 Å². The molecule has 3 rings (SSSR count). The van der Waals surface area contributed by atoms with Crippen molar-refractivity contribution in [2.24, 2.45) is 4.99 Å². The summed E-state index contributed by atoms with van der Waals surface area (Å²) in [5.74, 6) is 0.129. The second kappa shape index (κ2) is 6.87. The Morgan fingerprint density at radius 3 is 2.68 bits per heavy atom. The number of nitrogens with zero attached hydrogens (tertiary/aromatic N) is 1.